The van der Waals surface area contributed by atoms with E-state index in [2.05, 4.69) is 4.98 Å². The van der Waals surface area contributed by atoms with Crippen molar-refractivity contribution in [3.8, 4) is 0 Å². The van der Waals surface area contributed by atoms with Gasteiger partial charge in [0.25, 0.3) is 0 Å². The van der Waals surface area contributed by atoms with Crippen molar-refractivity contribution < 1.29 is 13.2 Å². The van der Waals surface area contributed by atoms with Crippen LogP contribution in [0.1, 0.15) is 24.4 Å². The Labute approximate surface area is 102 Å². The predicted octanol–water partition coefficient (Wildman–Crippen LogP) is 3.50. The zero-order valence-electron chi connectivity index (χ0n) is 8.17. The van der Waals surface area contributed by atoms with Crippen molar-refractivity contribution in [1.82, 2.24) is 4.98 Å². The summed E-state index contributed by atoms with van der Waals surface area (Å²) in [5.74, 6) is 0. The average molecular weight is 275 g/mol. The zero-order valence-corrected chi connectivity index (χ0v) is 9.74. The Morgan fingerprint density at radius 3 is 2.56 bits per heavy atom. The molecule has 0 radical (unpaired) electrons. The fourth-order valence-electron chi connectivity index (χ4n) is 1.16. The standard InChI is InChI=1S/C9H10ClF3N2.ClH/c10-7-5-15-4-2-6(7)8(14)1-3-9(11,12)13;/h2,4-5,8H,1,3,14H2;1H/t8-;/m1./s1. The van der Waals surface area contributed by atoms with Gasteiger partial charge >= 0.3 is 6.18 Å². The van der Waals surface area contributed by atoms with Gasteiger partial charge in [-0.3, -0.25) is 4.98 Å². The third-order valence-corrected chi connectivity index (χ3v) is 2.26. The lowest BCUT2D eigenvalue weighted by Gasteiger charge is -2.14. The number of nitrogens with two attached hydrogens (primary N) is 1. The van der Waals surface area contributed by atoms with Crippen molar-refractivity contribution in [2.24, 2.45) is 5.73 Å². The molecule has 0 aliphatic rings. The SMILES string of the molecule is Cl.N[C@H](CCC(F)(F)F)c1ccncc1Cl. The van der Waals surface area contributed by atoms with E-state index in [-0.39, 0.29) is 18.8 Å². The molecule has 0 fully saturated rings. The van der Waals surface area contributed by atoms with Gasteiger partial charge in [-0.1, -0.05) is 11.6 Å². The summed E-state index contributed by atoms with van der Waals surface area (Å²) >= 11 is 5.75. The monoisotopic (exact) mass is 274 g/mol. The van der Waals surface area contributed by atoms with E-state index in [4.69, 9.17) is 17.3 Å². The molecule has 1 rings (SSSR count). The van der Waals surface area contributed by atoms with Crippen LogP contribution in [0.5, 0.6) is 0 Å². The topological polar surface area (TPSA) is 38.9 Å². The highest BCUT2D eigenvalue weighted by molar-refractivity contribution is 6.31. The maximum atomic E-state index is 11.9. The summed E-state index contributed by atoms with van der Waals surface area (Å²) in [6, 6.07) is 0.825. The lowest BCUT2D eigenvalue weighted by Crippen LogP contribution is -2.16. The van der Waals surface area contributed by atoms with E-state index < -0.39 is 18.6 Å². The fourth-order valence-corrected chi connectivity index (χ4v) is 1.42. The molecule has 0 aliphatic carbocycles. The van der Waals surface area contributed by atoms with Crippen LogP contribution in [0, 0.1) is 0 Å². The van der Waals surface area contributed by atoms with E-state index in [1.165, 1.54) is 18.5 Å². The second-order valence-corrected chi connectivity index (χ2v) is 3.56. The van der Waals surface area contributed by atoms with E-state index in [0.717, 1.165) is 0 Å². The molecule has 2 N–H and O–H groups in total. The fraction of sp³-hybridized carbons (Fsp3) is 0.444. The molecule has 1 atom stereocenters. The van der Waals surface area contributed by atoms with Crippen LogP contribution in [0.3, 0.4) is 0 Å². The average Bonchev–Trinajstić information content (AvgIpc) is 2.14. The molecule has 1 aromatic rings. The largest absolute Gasteiger partial charge is 0.389 e. The molecule has 0 saturated heterocycles. The summed E-state index contributed by atoms with van der Waals surface area (Å²) in [5.41, 5.74) is 6.09. The van der Waals surface area contributed by atoms with Crippen LogP contribution in [0.2, 0.25) is 5.02 Å². The van der Waals surface area contributed by atoms with Gasteiger partial charge in [0.15, 0.2) is 0 Å². The molecule has 0 aliphatic heterocycles. The van der Waals surface area contributed by atoms with E-state index >= 15 is 0 Å². The van der Waals surface area contributed by atoms with Crippen molar-refractivity contribution in [2.45, 2.75) is 25.1 Å². The molecular weight excluding hydrogens is 264 g/mol. The minimum Gasteiger partial charge on any atom is -0.324 e. The maximum Gasteiger partial charge on any atom is 0.389 e. The number of nitrogens with zero attached hydrogens (tertiary/aromatic N) is 1. The van der Waals surface area contributed by atoms with Crippen LogP contribution in [0.25, 0.3) is 0 Å². The van der Waals surface area contributed by atoms with Gasteiger partial charge in [-0.2, -0.15) is 13.2 Å². The molecule has 0 spiro atoms. The van der Waals surface area contributed by atoms with Crippen LogP contribution >= 0.6 is 24.0 Å². The lowest BCUT2D eigenvalue weighted by atomic mass is 10.0. The molecule has 0 bridgehead atoms. The molecule has 1 aromatic heterocycles. The predicted molar refractivity (Wildman–Crippen MR) is 58.7 cm³/mol. The quantitative estimate of drug-likeness (QED) is 0.916. The summed E-state index contributed by atoms with van der Waals surface area (Å²) in [4.78, 5) is 3.73. The molecule has 1 heterocycles. The van der Waals surface area contributed by atoms with Crippen LogP contribution in [-0.2, 0) is 0 Å². The van der Waals surface area contributed by atoms with Crippen molar-refractivity contribution in [1.29, 1.82) is 0 Å². The number of hydrogen-bond donors (Lipinski definition) is 1. The summed E-state index contributed by atoms with van der Waals surface area (Å²) in [6.45, 7) is 0. The van der Waals surface area contributed by atoms with Gasteiger partial charge in [0.2, 0.25) is 0 Å². The Kier molecular flexibility index (Phi) is 6.07. The van der Waals surface area contributed by atoms with Gasteiger partial charge in [-0.15, -0.1) is 12.4 Å². The minimum absolute atomic E-state index is 0. The first-order valence-corrected chi connectivity index (χ1v) is 4.69. The van der Waals surface area contributed by atoms with Crippen LogP contribution in [0.4, 0.5) is 13.2 Å². The molecule has 0 unspecified atom stereocenters. The molecule has 0 amide bonds. The van der Waals surface area contributed by atoms with E-state index in [0.29, 0.717) is 10.6 Å². The van der Waals surface area contributed by atoms with E-state index in [1.807, 2.05) is 0 Å². The van der Waals surface area contributed by atoms with Crippen molar-refractivity contribution in [2.75, 3.05) is 0 Å². The van der Waals surface area contributed by atoms with Gasteiger partial charge in [0, 0.05) is 24.9 Å². The summed E-state index contributed by atoms with van der Waals surface area (Å²) in [6.07, 6.45) is -2.45. The van der Waals surface area contributed by atoms with Crippen molar-refractivity contribution in [3.63, 3.8) is 0 Å². The first kappa shape index (κ1) is 15.5. The highest BCUT2D eigenvalue weighted by Gasteiger charge is 2.28. The number of rotatable bonds is 3. The Balaban J connectivity index is 0.00000225. The normalized spacial score (nSPS) is 13.1. The Morgan fingerprint density at radius 1 is 1.44 bits per heavy atom. The van der Waals surface area contributed by atoms with Gasteiger partial charge in [0.05, 0.1) is 5.02 Å². The highest BCUT2D eigenvalue weighted by atomic mass is 35.5. The van der Waals surface area contributed by atoms with Crippen LogP contribution < -0.4 is 5.73 Å². The van der Waals surface area contributed by atoms with Gasteiger partial charge in [-0.25, -0.2) is 0 Å². The van der Waals surface area contributed by atoms with Gasteiger partial charge in [-0.05, 0) is 18.1 Å². The van der Waals surface area contributed by atoms with E-state index in [9.17, 15) is 13.2 Å². The van der Waals surface area contributed by atoms with Crippen molar-refractivity contribution >= 4 is 24.0 Å². The summed E-state index contributed by atoms with van der Waals surface area (Å²) < 4.78 is 35.8. The third kappa shape index (κ3) is 5.01. The zero-order chi connectivity index (χ0) is 11.5. The molecular formula is C9H11Cl2F3N2. The summed E-state index contributed by atoms with van der Waals surface area (Å²) in [5, 5.41) is 0.298. The molecule has 2 nitrogen and oxygen atoms in total. The van der Waals surface area contributed by atoms with Crippen LogP contribution in [0.15, 0.2) is 18.5 Å². The number of pyridine rings is 1. The first-order chi connectivity index (χ1) is 6.90. The molecule has 16 heavy (non-hydrogen) atoms. The number of hydrogen-bond acceptors (Lipinski definition) is 2. The third-order valence-electron chi connectivity index (χ3n) is 1.94. The lowest BCUT2D eigenvalue weighted by molar-refractivity contribution is -0.136. The minimum atomic E-state index is -4.18. The van der Waals surface area contributed by atoms with Gasteiger partial charge in [0.1, 0.15) is 0 Å². The van der Waals surface area contributed by atoms with Crippen molar-refractivity contribution in [3.05, 3.63) is 29.0 Å². The second kappa shape index (κ2) is 6.27. The smallest absolute Gasteiger partial charge is 0.324 e. The maximum absolute atomic E-state index is 11.9. The second-order valence-electron chi connectivity index (χ2n) is 3.16. The van der Waals surface area contributed by atoms with Gasteiger partial charge < -0.3 is 5.73 Å². The first-order valence-electron chi connectivity index (χ1n) is 4.32. The molecule has 0 saturated carbocycles. The number of aromatic nitrogens is 1. The highest BCUT2D eigenvalue weighted by Crippen LogP contribution is 2.28. The van der Waals surface area contributed by atoms with Crippen LogP contribution in [-0.4, -0.2) is 11.2 Å². The Hall–Kier alpha value is -0.520. The molecule has 7 heteroatoms. The molecule has 92 valence electrons. The molecule has 0 aromatic carbocycles. The Bertz CT molecular complexity index is 331. The van der Waals surface area contributed by atoms with E-state index in [1.54, 1.807) is 0 Å². The summed E-state index contributed by atoms with van der Waals surface area (Å²) in [7, 11) is 0. The number of alkyl halides is 3. The number of halogens is 5. The Morgan fingerprint density at radius 2 is 2.06 bits per heavy atom.